The SMILES string of the molecule is Cc1ccccc1S(=O)(=O)Nc1ccc2c(c1)c1c(n2CCC(=O)O)CCCC1. The van der Waals surface area contributed by atoms with Crippen molar-refractivity contribution >= 4 is 32.6 Å². The molecule has 0 amide bonds. The number of aliphatic carboxylic acids is 1. The van der Waals surface area contributed by atoms with Crippen LogP contribution in [0.4, 0.5) is 5.69 Å². The first-order chi connectivity index (χ1) is 13.9. The lowest BCUT2D eigenvalue weighted by atomic mass is 9.95. The van der Waals surface area contributed by atoms with Gasteiger partial charge in [0.2, 0.25) is 0 Å². The monoisotopic (exact) mass is 412 g/mol. The summed E-state index contributed by atoms with van der Waals surface area (Å²) < 4.78 is 30.5. The van der Waals surface area contributed by atoms with Crippen LogP contribution in [0.2, 0.25) is 0 Å². The van der Waals surface area contributed by atoms with Crippen molar-refractivity contribution in [1.29, 1.82) is 0 Å². The van der Waals surface area contributed by atoms with Crippen molar-refractivity contribution in [2.75, 3.05) is 4.72 Å². The topological polar surface area (TPSA) is 88.4 Å². The van der Waals surface area contributed by atoms with Gasteiger partial charge in [0.05, 0.1) is 11.3 Å². The van der Waals surface area contributed by atoms with Gasteiger partial charge in [0.15, 0.2) is 0 Å². The number of aryl methyl sites for hydroxylation is 3. The van der Waals surface area contributed by atoms with E-state index in [1.807, 2.05) is 18.2 Å². The van der Waals surface area contributed by atoms with Gasteiger partial charge in [0.25, 0.3) is 10.0 Å². The predicted octanol–water partition coefficient (Wildman–Crippen LogP) is 4.10. The van der Waals surface area contributed by atoms with Crippen molar-refractivity contribution in [2.24, 2.45) is 0 Å². The van der Waals surface area contributed by atoms with Crippen LogP contribution in [0.25, 0.3) is 10.9 Å². The van der Waals surface area contributed by atoms with Crippen LogP contribution in [0.1, 0.15) is 36.1 Å². The highest BCUT2D eigenvalue weighted by molar-refractivity contribution is 7.92. The van der Waals surface area contributed by atoms with Crippen LogP contribution in [0.15, 0.2) is 47.4 Å². The highest BCUT2D eigenvalue weighted by Crippen LogP contribution is 2.34. The first kappa shape index (κ1) is 19.5. The summed E-state index contributed by atoms with van der Waals surface area (Å²) in [7, 11) is -3.68. The molecule has 0 bridgehead atoms. The molecular weight excluding hydrogens is 388 g/mol. The Morgan fingerprint density at radius 3 is 2.66 bits per heavy atom. The zero-order chi connectivity index (χ0) is 20.6. The molecule has 6 nitrogen and oxygen atoms in total. The summed E-state index contributed by atoms with van der Waals surface area (Å²) in [5, 5.41) is 10.1. The van der Waals surface area contributed by atoms with Crippen LogP contribution in [0, 0.1) is 6.92 Å². The van der Waals surface area contributed by atoms with Gasteiger partial charge < -0.3 is 9.67 Å². The Hall–Kier alpha value is -2.80. The van der Waals surface area contributed by atoms with E-state index in [4.69, 9.17) is 5.11 Å². The number of carbonyl (C=O) groups is 1. The minimum Gasteiger partial charge on any atom is -0.481 e. The van der Waals surface area contributed by atoms with E-state index in [0.29, 0.717) is 17.8 Å². The van der Waals surface area contributed by atoms with Gasteiger partial charge in [-0.3, -0.25) is 9.52 Å². The van der Waals surface area contributed by atoms with Crippen LogP contribution in [0.5, 0.6) is 0 Å². The first-order valence-corrected chi connectivity index (χ1v) is 11.3. The number of hydrogen-bond acceptors (Lipinski definition) is 3. The van der Waals surface area contributed by atoms with Gasteiger partial charge in [-0.2, -0.15) is 0 Å². The maximum absolute atomic E-state index is 12.8. The number of fused-ring (bicyclic) bond motifs is 3. The molecule has 0 saturated carbocycles. The van der Waals surface area contributed by atoms with Crippen molar-refractivity contribution in [3.8, 4) is 0 Å². The second-order valence-corrected chi connectivity index (χ2v) is 9.18. The summed E-state index contributed by atoms with van der Waals surface area (Å²) in [6, 6.07) is 12.4. The van der Waals surface area contributed by atoms with Crippen molar-refractivity contribution < 1.29 is 18.3 Å². The van der Waals surface area contributed by atoms with Crippen LogP contribution in [-0.4, -0.2) is 24.1 Å². The maximum atomic E-state index is 12.8. The Morgan fingerprint density at radius 1 is 1.14 bits per heavy atom. The molecule has 0 atom stereocenters. The van der Waals surface area contributed by atoms with Crippen LogP contribution in [-0.2, 0) is 34.2 Å². The lowest BCUT2D eigenvalue weighted by Gasteiger charge is -2.15. The van der Waals surface area contributed by atoms with E-state index >= 15 is 0 Å². The number of rotatable bonds is 6. The van der Waals surface area contributed by atoms with Crippen LogP contribution in [0.3, 0.4) is 0 Å². The van der Waals surface area contributed by atoms with Crippen molar-refractivity contribution in [3.63, 3.8) is 0 Å². The summed E-state index contributed by atoms with van der Waals surface area (Å²) in [6.07, 6.45) is 4.10. The molecule has 1 aromatic heterocycles. The van der Waals surface area contributed by atoms with Gasteiger partial charge in [0, 0.05) is 28.8 Å². The smallest absolute Gasteiger partial charge is 0.305 e. The molecule has 152 valence electrons. The highest BCUT2D eigenvalue weighted by Gasteiger charge is 2.22. The van der Waals surface area contributed by atoms with Crippen LogP contribution >= 0.6 is 0 Å². The normalized spacial score (nSPS) is 14.0. The first-order valence-electron chi connectivity index (χ1n) is 9.81. The Bertz CT molecular complexity index is 1190. The number of carboxylic acid groups (broad SMARTS) is 1. The number of hydrogen-bond donors (Lipinski definition) is 2. The summed E-state index contributed by atoms with van der Waals surface area (Å²) in [4.78, 5) is 11.3. The number of nitrogens with one attached hydrogen (secondary N) is 1. The summed E-state index contributed by atoms with van der Waals surface area (Å²) >= 11 is 0. The lowest BCUT2D eigenvalue weighted by molar-refractivity contribution is -0.137. The van der Waals surface area contributed by atoms with Crippen molar-refractivity contribution in [2.45, 2.75) is 50.5 Å². The van der Waals surface area contributed by atoms with Crippen molar-refractivity contribution in [1.82, 2.24) is 4.57 Å². The molecule has 2 N–H and O–H groups in total. The molecule has 0 unspecified atom stereocenters. The molecule has 1 heterocycles. The summed E-state index contributed by atoms with van der Waals surface area (Å²) in [5.41, 5.74) is 4.58. The second-order valence-electron chi connectivity index (χ2n) is 7.53. The minimum absolute atomic E-state index is 0.0673. The average Bonchev–Trinajstić information content (AvgIpc) is 2.99. The Morgan fingerprint density at radius 2 is 1.90 bits per heavy atom. The molecule has 7 heteroatoms. The number of anilines is 1. The zero-order valence-corrected chi connectivity index (χ0v) is 17.1. The molecular formula is C22H24N2O4S. The standard InChI is InChI=1S/C22H24N2O4S/c1-15-6-2-5-9-21(15)29(27,28)23-16-10-11-20-18(14-16)17-7-3-4-8-19(17)24(20)13-12-22(25)26/h2,5-6,9-11,14,23H,3-4,7-8,12-13H2,1H3,(H,25,26). The van der Waals surface area contributed by atoms with E-state index in [1.165, 1.54) is 11.3 Å². The number of carboxylic acids is 1. The Balaban J connectivity index is 1.75. The highest BCUT2D eigenvalue weighted by atomic mass is 32.2. The summed E-state index contributed by atoms with van der Waals surface area (Å²) in [5.74, 6) is -0.820. The van der Waals surface area contributed by atoms with E-state index in [-0.39, 0.29) is 11.3 Å². The molecule has 3 aromatic rings. The van der Waals surface area contributed by atoms with Gasteiger partial charge in [-0.1, -0.05) is 18.2 Å². The molecule has 0 saturated heterocycles. The third-order valence-corrected chi connectivity index (χ3v) is 7.10. The molecule has 1 aliphatic rings. The average molecular weight is 413 g/mol. The Labute approximate surface area is 170 Å². The van der Waals surface area contributed by atoms with Gasteiger partial charge in [-0.25, -0.2) is 8.42 Å². The van der Waals surface area contributed by atoms with Gasteiger partial charge in [-0.05, 0) is 68.0 Å². The van der Waals surface area contributed by atoms with E-state index in [9.17, 15) is 13.2 Å². The fourth-order valence-electron chi connectivity index (χ4n) is 4.23. The molecule has 29 heavy (non-hydrogen) atoms. The molecule has 0 spiro atoms. The molecule has 0 radical (unpaired) electrons. The quantitative estimate of drug-likeness (QED) is 0.638. The van der Waals surface area contributed by atoms with E-state index in [0.717, 1.165) is 36.6 Å². The fourth-order valence-corrected chi connectivity index (χ4v) is 5.53. The largest absolute Gasteiger partial charge is 0.481 e. The Kier molecular flexibility index (Phi) is 5.08. The second kappa shape index (κ2) is 7.55. The third-order valence-electron chi connectivity index (χ3n) is 5.56. The number of nitrogens with zero attached hydrogens (tertiary/aromatic N) is 1. The minimum atomic E-state index is -3.68. The number of sulfonamides is 1. The van der Waals surface area contributed by atoms with Gasteiger partial charge >= 0.3 is 5.97 Å². The third kappa shape index (κ3) is 3.74. The lowest BCUT2D eigenvalue weighted by Crippen LogP contribution is -2.14. The van der Waals surface area contributed by atoms with Crippen molar-refractivity contribution in [3.05, 3.63) is 59.3 Å². The fraction of sp³-hybridized carbons (Fsp3) is 0.318. The molecule has 1 aliphatic carbocycles. The van der Waals surface area contributed by atoms with E-state index in [2.05, 4.69) is 9.29 Å². The van der Waals surface area contributed by atoms with E-state index < -0.39 is 16.0 Å². The van der Waals surface area contributed by atoms with Gasteiger partial charge in [-0.15, -0.1) is 0 Å². The number of benzene rings is 2. The van der Waals surface area contributed by atoms with Gasteiger partial charge in [0.1, 0.15) is 0 Å². The molecule has 2 aromatic carbocycles. The molecule has 4 rings (SSSR count). The zero-order valence-electron chi connectivity index (χ0n) is 16.3. The molecule has 0 fully saturated rings. The van der Waals surface area contributed by atoms with Crippen LogP contribution < -0.4 is 4.72 Å². The number of aromatic nitrogens is 1. The molecule has 0 aliphatic heterocycles. The summed E-state index contributed by atoms with van der Waals surface area (Å²) in [6.45, 7) is 2.20. The predicted molar refractivity (Wildman–Crippen MR) is 113 cm³/mol. The van der Waals surface area contributed by atoms with E-state index in [1.54, 1.807) is 31.2 Å². The maximum Gasteiger partial charge on any atom is 0.305 e.